The maximum Gasteiger partial charge on any atom is 0.387 e. The molecule has 1 aromatic rings. The lowest BCUT2D eigenvalue weighted by molar-refractivity contribution is -0.0499. The van der Waals surface area contributed by atoms with Gasteiger partial charge in [0, 0.05) is 25.2 Å². The maximum atomic E-state index is 12.2. The number of halogens is 2. The van der Waals surface area contributed by atoms with Crippen molar-refractivity contribution >= 4 is 0 Å². The molecule has 0 saturated carbocycles. The molecule has 2 N–H and O–H groups in total. The van der Waals surface area contributed by atoms with Gasteiger partial charge >= 0.3 is 6.61 Å². The molecule has 4 nitrogen and oxygen atoms in total. The van der Waals surface area contributed by atoms with Gasteiger partial charge in [-0.1, -0.05) is 19.1 Å². The van der Waals surface area contributed by atoms with E-state index in [2.05, 4.69) is 16.6 Å². The van der Waals surface area contributed by atoms with Crippen molar-refractivity contribution in [1.82, 2.24) is 4.90 Å². The van der Waals surface area contributed by atoms with Crippen molar-refractivity contribution < 1.29 is 18.3 Å². The van der Waals surface area contributed by atoms with Gasteiger partial charge in [0.05, 0.1) is 13.2 Å². The molecule has 1 aliphatic rings. The van der Waals surface area contributed by atoms with Crippen LogP contribution in [0.3, 0.4) is 0 Å². The van der Waals surface area contributed by atoms with Crippen molar-refractivity contribution in [2.75, 3.05) is 26.3 Å². The molecule has 0 spiro atoms. The Morgan fingerprint density at radius 3 is 2.67 bits per heavy atom. The summed E-state index contributed by atoms with van der Waals surface area (Å²) in [5.41, 5.74) is 6.95. The predicted octanol–water partition coefficient (Wildman–Crippen LogP) is 2.40. The molecule has 1 saturated heterocycles. The lowest BCUT2D eigenvalue weighted by Gasteiger charge is -2.40. The molecule has 0 radical (unpaired) electrons. The topological polar surface area (TPSA) is 47.7 Å². The van der Waals surface area contributed by atoms with E-state index in [-0.39, 0.29) is 11.8 Å². The molecule has 0 aliphatic carbocycles. The van der Waals surface area contributed by atoms with Crippen LogP contribution >= 0.6 is 0 Å². The molecule has 0 bridgehead atoms. The third-order valence-corrected chi connectivity index (χ3v) is 3.86. The molecule has 6 heteroatoms. The quantitative estimate of drug-likeness (QED) is 0.876. The summed E-state index contributed by atoms with van der Waals surface area (Å²) in [4.78, 5) is 2.34. The van der Waals surface area contributed by atoms with Gasteiger partial charge < -0.3 is 15.2 Å². The number of nitrogens with zero attached hydrogens (tertiary/aromatic N) is 1. The summed E-state index contributed by atoms with van der Waals surface area (Å²) in [7, 11) is 0. The van der Waals surface area contributed by atoms with Crippen LogP contribution in [0.25, 0.3) is 0 Å². The van der Waals surface area contributed by atoms with E-state index in [4.69, 9.17) is 10.5 Å². The van der Waals surface area contributed by atoms with Crippen molar-refractivity contribution in [3.63, 3.8) is 0 Å². The smallest absolute Gasteiger partial charge is 0.387 e. The molecular weight excluding hydrogens is 278 g/mol. The van der Waals surface area contributed by atoms with E-state index in [0.717, 1.165) is 18.5 Å². The number of hydrogen-bond donors (Lipinski definition) is 1. The Hall–Kier alpha value is -1.24. The number of nitrogens with two attached hydrogens (primary N) is 1. The summed E-state index contributed by atoms with van der Waals surface area (Å²) in [6, 6.07) is 7.13. The van der Waals surface area contributed by atoms with Crippen molar-refractivity contribution in [2.45, 2.75) is 32.0 Å². The van der Waals surface area contributed by atoms with Crippen molar-refractivity contribution in [2.24, 2.45) is 5.73 Å². The second kappa shape index (κ2) is 7.68. The highest BCUT2D eigenvalue weighted by molar-refractivity contribution is 5.29. The first-order valence-corrected chi connectivity index (χ1v) is 7.24. The van der Waals surface area contributed by atoms with E-state index in [0.29, 0.717) is 25.8 Å². The molecule has 1 aliphatic heterocycles. The number of hydrogen-bond acceptors (Lipinski definition) is 4. The van der Waals surface area contributed by atoms with Crippen LogP contribution in [-0.4, -0.2) is 43.9 Å². The molecular formula is C15H22F2N2O2. The minimum Gasteiger partial charge on any atom is -0.435 e. The zero-order valence-corrected chi connectivity index (χ0v) is 12.2. The summed E-state index contributed by atoms with van der Waals surface area (Å²) in [5.74, 6) is 0.165. The standard InChI is InChI=1S/C15H22F2N2O2/c1-2-12-10-20-8-7-19(12)14(9-18)11-3-5-13(6-4-11)21-15(16)17/h3-6,12,14-15H,2,7-10,18H2,1H3. The lowest BCUT2D eigenvalue weighted by Crippen LogP contribution is -2.48. The molecule has 0 aromatic heterocycles. The minimum atomic E-state index is -2.80. The Labute approximate surface area is 123 Å². The normalized spacial score (nSPS) is 21.5. The van der Waals surface area contributed by atoms with Crippen molar-refractivity contribution in [3.05, 3.63) is 29.8 Å². The van der Waals surface area contributed by atoms with Crippen LogP contribution < -0.4 is 10.5 Å². The summed E-state index contributed by atoms with van der Waals surface area (Å²) in [6.07, 6.45) is 0.989. The Kier molecular flexibility index (Phi) is 5.90. The largest absolute Gasteiger partial charge is 0.435 e. The van der Waals surface area contributed by atoms with Crippen LogP contribution in [0, 0.1) is 0 Å². The second-order valence-corrected chi connectivity index (χ2v) is 5.07. The van der Waals surface area contributed by atoms with Gasteiger partial charge in [0.25, 0.3) is 0 Å². The number of ether oxygens (including phenoxy) is 2. The number of alkyl halides is 2. The van der Waals surface area contributed by atoms with E-state index >= 15 is 0 Å². The first-order valence-electron chi connectivity index (χ1n) is 7.24. The summed E-state index contributed by atoms with van der Waals surface area (Å²) in [5, 5.41) is 0. The van der Waals surface area contributed by atoms with Crippen LogP contribution in [0.1, 0.15) is 24.9 Å². The molecule has 2 rings (SSSR count). The van der Waals surface area contributed by atoms with Crippen LogP contribution in [0.5, 0.6) is 5.75 Å². The SMILES string of the molecule is CCC1COCCN1C(CN)c1ccc(OC(F)F)cc1. The zero-order valence-electron chi connectivity index (χ0n) is 12.2. The highest BCUT2D eigenvalue weighted by atomic mass is 19.3. The summed E-state index contributed by atoms with van der Waals surface area (Å²) >= 11 is 0. The van der Waals surface area contributed by atoms with Gasteiger partial charge in [-0.3, -0.25) is 4.90 Å². The maximum absolute atomic E-state index is 12.2. The molecule has 118 valence electrons. The van der Waals surface area contributed by atoms with Gasteiger partial charge in [0.2, 0.25) is 0 Å². The van der Waals surface area contributed by atoms with E-state index in [1.165, 1.54) is 0 Å². The van der Waals surface area contributed by atoms with Crippen LogP contribution in [0.2, 0.25) is 0 Å². The average Bonchev–Trinajstić information content (AvgIpc) is 2.49. The van der Waals surface area contributed by atoms with Crippen LogP contribution in [0.15, 0.2) is 24.3 Å². The van der Waals surface area contributed by atoms with Gasteiger partial charge in [-0.2, -0.15) is 8.78 Å². The number of morpholine rings is 1. The monoisotopic (exact) mass is 300 g/mol. The summed E-state index contributed by atoms with van der Waals surface area (Å²) < 4.78 is 34.2. The first-order chi connectivity index (χ1) is 10.2. The Balaban J connectivity index is 2.12. The first kappa shape index (κ1) is 16.1. The molecule has 21 heavy (non-hydrogen) atoms. The molecule has 1 aromatic carbocycles. The highest BCUT2D eigenvalue weighted by Gasteiger charge is 2.28. The minimum absolute atomic E-state index is 0.0689. The van der Waals surface area contributed by atoms with Gasteiger partial charge in [-0.15, -0.1) is 0 Å². The third kappa shape index (κ3) is 4.12. The Morgan fingerprint density at radius 2 is 2.10 bits per heavy atom. The molecule has 1 heterocycles. The number of rotatable bonds is 6. The van der Waals surface area contributed by atoms with Gasteiger partial charge in [0.1, 0.15) is 5.75 Å². The highest BCUT2D eigenvalue weighted by Crippen LogP contribution is 2.27. The molecule has 1 fully saturated rings. The van der Waals surface area contributed by atoms with Gasteiger partial charge in [-0.05, 0) is 24.1 Å². The van der Waals surface area contributed by atoms with Crippen molar-refractivity contribution in [1.29, 1.82) is 0 Å². The third-order valence-electron chi connectivity index (χ3n) is 3.86. The Bertz CT molecular complexity index is 428. The average molecular weight is 300 g/mol. The molecule has 0 amide bonds. The predicted molar refractivity (Wildman–Crippen MR) is 76.5 cm³/mol. The fourth-order valence-electron chi connectivity index (χ4n) is 2.76. The van der Waals surface area contributed by atoms with E-state index in [1.807, 2.05) is 0 Å². The van der Waals surface area contributed by atoms with Crippen LogP contribution in [0.4, 0.5) is 8.78 Å². The summed E-state index contributed by atoms with van der Waals surface area (Å²) in [6.45, 7) is 2.03. The van der Waals surface area contributed by atoms with E-state index < -0.39 is 6.61 Å². The van der Waals surface area contributed by atoms with Gasteiger partial charge in [0.15, 0.2) is 0 Å². The lowest BCUT2D eigenvalue weighted by atomic mass is 10.0. The number of benzene rings is 1. The van der Waals surface area contributed by atoms with Crippen molar-refractivity contribution in [3.8, 4) is 5.75 Å². The van der Waals surface area contributed by atoms with Crippen LogP contribution in [-0.2, 0) is 4.74 Å². The van der Waals surface area contributed by atoms with E-state index in [9.17, 15) is 8.78 Å². The fourth-order valence-corrected chi connectivity index (χ4v) is 2.76. The second-order valence-electron chi connectivity index (χ2n) is 5.07. The van der Waals surface area contributed by atoms with E-state index in [1.54, 1.807) is 24.3 Å². The Morgan fingerprint density at radius 1 is 1.38 bits per heavy atom. The molecule has 2 atom stereocenters. The molecule has 2 unspecified atom stereocenters. The zero-order chi connectivity index (χ0) is 15.2. The fraction of sp³-hybridized carbons (Fsp3) is 0.600. The van der Waals surface area contributed by atoms with Gasteiger partial charge in [-0.25, -0.2) is 0 Å².